The summed E-state index contributed by atoms with van der Waals surface area (Å²) >= 11 is 3.54. The molecule has 5 heteroatoms. The first-order valence-electron chi connectivity index (χ1n) is 5.85. The van der Waals surface area contributed by atoms with E-state index in [1.165, 1.54) is 10.4 Å². The summed E-state index contributed by atoms with van der Waals surface area (Å²) in [5.74, 6) is 2.18. The monoisotopic (exact) mass is 269 g/mol. The fraction of sp³-hybridized carbons (Fsp3) is 0.583. The first kappa shape index (κ1) is 11.6. The van der Waals surface area contributed by atoms with Crippen LogP contribution in [0.1, 0.15) is 33.0 Å². The Bertz CT molecular complexity index is 428. The van der Waals surface area contributed by atoms with E-state index in [2.05, 4.69) is 5.32 Å². The zero-order chi connectivity index (χ0) is 11.9. The summed E-state index contributed by atoms with van der Waals surface area (Å²) in [5.41, 5.74) is 1.02. The largest absolute Gasteiger partial charge is 0.394 e. The lowest BCUT2D eigenvalue weighted by molar-refractivity contribution is 0.0911. The molecule has 1 amide bonds. The first-order chi connectivity index (χ1) is 8.22. The third-order valence-electron chi connectivity index (χ3n) is 3.39. The Hall–Kier alpha value is -0.520. The van der Waals surface area contributed by atoms with Crippen LogP contribution in [0.4, 0.5) is 0 Å². The molecule has 3 nitrogen and oxygen atoms in total. The molecule has 17 heavy (non-hydrogen) atoms. The molecule has 2 N–H and O–H groups in total. The Morgan fingerprint density at radius 3 is 3.00 bits per heavy atom. The van der Waals surface area contributed by atoms with Gasteiger partial charge >= 0.3 is 0 Å². The maximum atomic E-state index is 12.1. The van der Waals surface area contributed by atoms with Crippen LogP contribution in [0.5, 0.6) is 0 Å². The van der Waals surface area contributed by atoms with Crippen molar-refractivity contribution in [2.45, 2.75) is 30.6 Å². The zero-order valence-corrected chi connectivity index (χ0v) is 11.1. The van der Waals surface area contributed by atoms with Crippen LogP contribution in [0, 0.1) is 0 Å². The lowest BCUT2D eigenvalue weighted by atomic mass is 10.2. The van der Waals surface area contributed by atoms with Gasteiger partial charge in [-0.15, -0.1) is 11.3 Å². The van der Waals surface area contributed by atoms with Gasteiger partial charge in [-0.25, -0.2) is 0 Å². The van der Waals surface area contributed by atoms with Gasteiger partial charge in [-0.05, 0) is 36.6 Å². The number of aryl methyl sites for hydroxylation is 1. The maximum absolute atomic E-state index is 12.1. The highest BCUT2D eigenvalue weighted by molar-refractivity contribution is 7.98. The molecule has 1 aliphatic heterocycles. The van der Waals surface area contributed by atoms with Crippen molar-refractivity contribution in [1.29, 1.82) is 0 Å². The van der Waals surface area contributed by atoms with E-state index >= 15 is 0 Å². The summed E-state index contributed by atoms with van der Waals surface area (Å²) in [7, 11) is 0. The van der Waals surface area contributed by atoms with Crippen molar-refractivity contribution in [3.05, 3.63) is 21.4 Å². The third kappa shape index (κ3) is 2.23. The van der Waals surface area contributed by atoms with Gasteiger partial charge in [0, 0.05) is 10.6 Å². The molecule has 0 atom stereocenters. The molecular formula is C12H15NO2S2. The molecular weight excluding hydrogens is 254 g/mol. The van der Waals surface area contributed by atoms with Gasteiger partial charge in [-0.3, -0.25) is 4.79 Å². The van der Waals surface area contributed by atoms with Gasteiger partial charge in [0.15, 0.2) is 0 Å². The number of nitrogens with one attached hydrogen (secondary N) is 1. The number of rotatable bonds is 3. The molecule has 92 valence electrons. The second kappa shape index (κ2) is 4.30. The highest BCUT2D eigenvalue weighted by atomic mass is 32.2. The van der Waals surface area contributed by atoms with E-state index in [1.807, 2.05) is 17.8 Å². The summed E-state index contributed by atoms with van der Waals surface area (Å²) in [6, 6.07) is 2.02. The number of hydrogen-bond acceptors (Lipinski definition) is 4. The van der Waals surface area contributed by atoms with E-state index < -0.39 is 0 Å². The van der Waals surface area contributed by atoms with Crippen LogP contribution in [0.15, 0.2) is 6.07 Å². The van der Waals surface area contributed by atoms with Crippen molar-refractivity contribution in [3.63, 3.8) is 0 Å². The van der Waals surface area contributed by atoms with E-state index in [1.54, 1.807) is 11.3 Å². The van der Waals surface area contributed by atoms with E-state index in [9.17, 15) is 9.90 Å². The number of thiophene rings is 1. The van der Waals surface area contributed by atoms with Crippen molar-refractivity contribution in [3.8, 4) is 0 Å². The van der Waals surface area contributed by atoms with Crippen molar-refractivity contribution >= 4 is 29.0 Å². The van der Waals surface area contributed by atoms with Gasteiger partial charge < -0.3 is 10.4 Å². The number of thioether (sulfide) groups is 1. The fourth-order valence-electron chi connectivity index (χ4n) is 2.04. The van der Waals surface area contributed by atoms with Gasteiger partial charge in [0.25, 0.3) is 5.91 Å². The Kier molecular flexibility index (Phi) is 2.92. The molecule has 1 aliphatic carbocycles. The van der Waals surface area contributed by atoms with Crippen LogP contribution in [-0.4, -0.2) is 28.9 Å². The molecule has 0 saturated heterocycles. The van der Waals surface area contributed by atoms with E-state index in [-0.39, 0.29) is 18.1 Å². The summed E-state index contributed by atoms with van der Waals surface area (Å²) < 4.78 is 0. The number of aliphatic hydroxyl groups excluding tert-OH is 1. The SMILES string of the molecule is O=C(NC1(CO)CC1)c1cc2c(s1)CCSC2. The summed E-state index contributed by atoms with van der Waals surface area (Å²) in [6.07, 6.45) is 2.88. The van der Waals surface area contributed by atoms with E-state index in [0.29, 0.717) is 0 Å². The van der Waals surface area contributed by atoms with Crippen LogP contribution in [-0.2, 0) is 12.2 Å². The Balaban J connectivity index is 1.75. The normalized spacial score (nSPS) is 20.8. The minimum absolute atomic E-state index is 0.0130. The lowest BCUT2D eigenvalue weighted by Crippen LogP contribution is -2.39. The Labute approximate surface area is 109 Å². The second-order valence-electron chi connectivity index (χ2n) is 4.75. The van der Waals surface area contributed by atoms with E-state index in [0.717, 1.165) is 35.6 Å². The average Bonchev–Trinajstić information content (AvgIpc) is 2.98. The minimum atomic E-state index is -0.309. The quantitative estimate of drug-likeness (QED) is 0.879. The highest BCUT2D eigenvalue weighted by Crippen LogP contribution is 2.36. The standard InChI is InChI=1S/C12H15NO2S2/c14-7-12(2-3-12)13-11(15)10-5-8-6-16-4-1-9(8)17-10/h5,14H,1-4,6-7H2,(H,13,15). The van der Waals surface area contributed by atoms with Crippen molar-refractivity contribution < 1.29 is 9.90 Å². The molecule has 1 fully saturated rings. The molecule has 1 aromatic rings. The lowest BCUT2D eigenvalue weighted by Gasteiger charge is -2.12. The summed E-state index contributed by atoms with van der Waals surface area (Å²) in [4.78, 5) is 14.2. The summed E-state index contributed by atoms with van der Waals surface area (Å²) in [6.45, 7) is 0.0552. The van der Waals surface area contributed by atoms with Gasteiger partial charge in [0.05, 0.1) is 17.0 Å². The molecule has 0 radical (unpaired) electrons. The number of amides is 1. The van der Waals surface area contributed by atoms with Crippen LogP contribution >= 0.6 is 23.1 Å². The van der Waals surface area contributed by atoms with Gasteiger partial charge in [-0.2, -0.15) is 11.8 Å². The van der Waals surface area contributed by atoms with Crippen molar-refractivity contribution in [1.82, 2.24) is 5.32 Å². The van der Waals surface area contributed by atoms with Crippen LogP contribution in [0.25, 0.3) is 0 Å². The van der Waals surface area contributed by atoms with Crippen molar-refractivity contribution in [2.75, 3.05) is 12.4 Å². The molecule has 3 rings (SSSR count). The molecule has 2 heterocycles. The zero-order valence-electron chi connectivity index (χ0n) is 9.49. The van der Waals surface area contributed by atoms with E-state index in [4.69, 9.17) is 0 Å². The average molecular weight is 269 g/mol. The molecule has 0 spiro atoms. The first-order valence-corrected chi connectivity index (χ1v) is 7.82. The molecule has 0 bridgehead atoms. The van der Waals surface area contributed by atoms with Crippen LogP contribution < -0.4 is 5.32 Å². The predicted molar refractivity (Wildman–Crippen MR) is 70.7 cm³/mol. The predicted octanol–water partition coefficient (Wildman–Crippen LogP) is 1.79. The van der Waals surface area contributed by atoms with Crippen LogP contribution in [0.2, 0.25) is 0 Å². The minimum Gasteiger partial charge on any atom is -0.394 e. The Morgan fingerprint density at radius 1 is 1.53 bits per heavy atom. The molecule has 1 aromatic heterocycles. The number of fused-ring (bicyclic) bond motifs is 1. The summed E-state index contributed by atoms with van der Waals surface area (Å²) in [5, 5.41) is 12.2. The van der Waals surface area contributed by atoms with Crippen molar-refractivity contribution in [2.24, 2.45) is 0 Å². The Morgan fingerprint density at radius 2 is 2.35 bits per heavy atom. The number of aliphatic hydroxyl groups is 1. The van der Waals surface area contributed by atoms with Crippen LogP contribution in [0.3, 0.4) is 0 Å². The molecule has 1 saturated carbocycles. The number of hydrogen-bond donors (Lipinski definition) is 2. The van der Waals surface area contributed by atoms with Gasteiger partial charge in [0.2, 0.25) is 0 Å². The topological polar surface area (TPSA) is 49.3 Å². The molecule has 0 unspecified atom stereocenters. The fourth-order valence-corrected chi connectivity index (χ4v) is 4.30. The molecule has 2 aliphatic rings. The maximum Gasteiger partial charge on any atom is 0.261 e. The number of carbonyl (C=O) groups excluding carboxylic acids is 1. The highest BCUT2D eigenvalue weighted by Gasteiger charge is 2.43. The smallest absolute Gasteiger partial charge is 0.261 e. The van der Waals surface area contributed by atoms with Gasteiger partial charge in [-0.1, -0.05) is 0 Å². The third-order valence-corrected chi connectivity index (χ3v) is 5.63. The second-order valence-corrected chi connectivity index (χ2v) is 7.00. The molecule has 0 aromatic carbocycles. The number of carbonyl (C=O) groups is 1. The van der Waals surface area contributed by atoms with Gasteiger partial charge in [0.1, 0.15) is 0 Å².